The molecule has 1 aliphatic rings. The predicted octanol–water partition coefficient (Wildman–Crippen LogP) is 2.44. The van der Waals surface area contributed by atoms with Gasteiger partial charge < -0.3 is 10.6 Å². The van der Waals surface area contributed by atoms with Crippen molar-refractivity contribution in [2.75, 3.05) is 18.4 Å². The average molecular weight is 253 g/mol. The third-order valence-corrected chi connectivity index (χ3v) is 2.62. The Kier molecular flexibility index (Phi) is 5.19. The first kappa shape index (κ1) is 13.7. The quantitative estimate of drug-likeness (QED) is 0.849. The fraction of sp³-hybridized carbons (Fsp3) is 0.308. The third-order valence-electron chi connectivity index (χ3n) is 2.62. The Morgan fingerprint density at radius 1 is 1.41 bits per heavy atom. The molecule has 0 saturated heterocycles. The Balaban J connectivity index is 0.00000144. The topological polar surface area (TPSA) is 41.1 Å². The number of anilines is 1. The number of hydrogen-bond donors (Lipinski definition) is 2. The number of nitrogens with one attached hydrogen (secondary N) is 2. The van der Waals surface area contributed by atoms with Crippen LogP contribution in [0.3, 0.4) is 0 Å². The molecule has 2 rings (SSSR count). The molecule has 0 unspecified atom stereocenters. The van der Waals surface area contributed by atoms with Crippen LogP contribution in [0, 0.1) is 0 Å². The highest BCUT2D eigenvalue weighted by molar-refractivity contribution is 5.89. The van der Waals surface area contributed by atoms with Crippen molar-refractivity contribution in [2.24, 2.45) is 0 Å². The summed E-state index contributed by atoms with van der Waals surface area (Å²) in [5.74, 6) is -0.0311. The fourth-order valence-electron chi connectivity index (χ4n) is 1.88. The first-order valence-electron chi connectivity index (χ1n) is 5.53. The summed E-state index contributed by atoms with van der Waals surface area (Å²) in [4.78, 5) is 11.0. The zero-order valence-electron chi connectivity index (χ0n) is 9.82. The largest absolute Gasteiger partial charge is 0.326 e. The molecule has 1 aliphatic heterocycles. The van der Waals surface area contributed by atoms with E-state index in [1.54, 1.807) is 0 Å². The molecule has 1 aromatic rings. The normalized spacial score (nSPS) is 14.5. The van der Waals surface area contributed by atoms with Gasteiger partial charge >= 0.3 is 0 Å². The van der Waals surface area contributed by atoms with Gasteiger partial charge in [0.15, 0.2) is 0 Å². The Morgan fingerprint density at radius 3 is 2.88 bits per heavy atom. The van der Waals surface area contributed by atoms with E-state index in [-0.39, 0.29) is 18.3 Å². The van der Waals surface area contributed by atoms with Crippen molar-refractivity contribution in [2.45, 2.75) is 13.3 Å². The second-order valence-electron chi connectivity index (χ2n) is 3.95. The molecule has 0 spiro atoms. The summed E-state index contributed by atoms with van der Waals surface area (Å²) in [5.41, 5.74) is 3.42. The monoisotopic (exact) mass is 252 g/mol. The van der Waals surface area contributed by atoms with E-state index in [0.717, 1.165) is 25.2 Å². The first-order valence-corrected chi connectivity index (χ1v) is 5.53. The Labute approximate surface area is 108 Å². The van der Waals surface area contributed by atoms with E-state index in [0.29, 0.717) is 0 Å². The lowest BCUT2D eigenvalue weighted by Gasteiger charge is -2.15. The van der Waals surface area contributed by atoms with Crippen LogP contribution in [-0.4, -0.2) is 19.0 Å². The molecule has 4 heteroatoms. The zero-order valence-corrected chi connectivity index (χ0v) is 10.6. The van der Waals surface area contributed by atoms with E-state index < -0.39 is 0 Å². The molecule has 0 bridgehead atoms. The molecule has 1 amide bonds. The standard InChI is InChI=1S/C13H16N2O.ClH/c1-10(16)15-13-4-2-3-12(9-13)11-5-7-14-8-6-11;/h2-5,9,14H,6-8H2,1H3,(H,15,16);1H. The van der Waals surface area contributed by atoms with Gasteiger partial charge in [0.25, 0.3) is 0 Å². The number of carbonyl (C=O) groups excluding carboxylic acids is 1. The fourth-order valence-corrected chi connectivity index (χ4v) is 1.88. The van der Waals surface area contributed by atoms with E-state index in [1.165, 1.54) is 18.1 Å². The smallest absolute Gasteiger partial charge is 0.221 e. The van der Waals surface area contributed by atoms with Gasteiger partial charge in [-0.2, -0.15) is 0 Å². The minimum atomic E-state index is -0.0311. The van der Waals surface area contributed by atoms with E-state index in [2.05, 4.69) is 22.8 Å². The van der Waals surface area contributed by atoms with Gasteiger partial charge in [0.2, 0.25) is 5.91 Å². The second kappa shape index (κ2) is 6.42. The van der Waals surface area contributed by atoms with Crippen LogP contribution >= 0.6 is 12.4 Å². The van der Waals surface area contributed by atoms with Gasteiger partial charge in [0.1, 0.15) is 0 Å². The summed E-state index contributed by atoms with van der Waals surface area (Å²) < 4.78 is 0. The molecule has 2 N–H and O–H groups in total. The van der Waals surface area contributed by atoms with Crippen LogP contribution < -0.4 is 10.6 Å². The lowest BCUT2D eigenvalue weighted by molar-refractivity contribution is -0.114. The second-order valence-corrected chi connectivity index (χ2v) is 3.95. The Hall–Kier alpha value is -1.32. The van der Waals surface area contributed by atoms with Crippen LogP contribution in [-0.2, 0) is 4.79 Å². The minimum Gasteiger partial charge on any atom is -0.326 e. The van der Waals surface area contributed by atoms with Crippen molar-refractivity contribution in [3.05, 3.63) is 35.9 Å². The maximum atomic E-state index is 11.0. The van der Waals surface area contributed by atoms with Gasteiger partial charge in [-0.05, 0) is 36.2 Å². The molecule has 0 fully saturated rings. The molecular weight excluding hydrogens is 236 g/mol. The Bertz CT molecular complexity index is 429. The van der Waals surface area contributed by atoms with Gasteiger partial charge in [-0.1, -0.05) is 18.2 Å². The van der Waals surface area contributed by atoms with Crippen molar-refractivity contribution in [3.8, 4) is 0 Å². The van der Waals surface area contributed by atoms with Gasteiger partial charge in [-0.15, -0.1) is 12.4 Å². The first-order chi connectivity index (χ1) is 7.75. The van der Waals surface area contributed by atoms with Crippen LogP contribution in [0.15, 0.2) is 30.3 Å². The molecule has 0 aromatic heterocycles. The van der Waals surface area contributed by atoms with Crippen LogP contribution in [0.25, 0.3) is 5.57 Å². The molecular formula is C13H17ClN2O. The highest BCUT2D eigenvalue weighted by Gasteiger charge is 2.06. The van der Waals surface area contributed by atoms with Crippen molar-refractivity contribution in [3.63, 3.8) is 0 Å². The molecule has 92 valence electrons. The maximum absolute atomic E-state index is 11.0. The predicted molar refractivity (Wildman–Crippen MR) is 73.5 cm³/mol. The summed E-state index contributed by atoms with van der Waals surface area (Å²) >= 11 is 0. The van der Waals surface area contributed by atoms with Crippen LogP contribution in [0.5, 0.6) is 0 Å². The third kappa shape index (κ3) is 3.88. The molecule has 1 heterocycles. The average Bonchev–Trinajstić information content (AvgIpc) is 2.30. The molecule has 0 radical (unpaired) electrons. The summed E-state index contributed by atoms with van der Waals surface area (Å²) in [6.07, 6.45) is 3.25. The molecule has 17 heavy (non-hydrogen) atoms. The van der Waals surface area contributed by atoms with E-state index in [9.17, 15) is 4.79 Å². The van der Waals surface area contributed by atoms with Crippen molar-refractivity contribution in [1.82, 2.24) is 5.32 Å². The van der Waals surface area contributed by atoms with Gasteiger partial charge in [0.05, 0.1) is 0 Å². The molecule has 1 aromatic carbocycles. The maximum Gasteiger partial charge on any atom is 0.221 e. The number of amides is 1. The van der Waals surface area contributed by atoms with Crippen molar-refractivity contribution < 1.29 is 4.79 Å². The Morgan fingerprint density at radius 2 is 2.24 bits per heavy atom. The summed E-state index contributed by atoms with van der Waals surface area (Å²) in [7, 11) is 0. The molecule has 0 saturated carbocycles. The molecule has 3 nitrogen and oxygen atoms in total. The minimum absolute atomic E-state index is 0. The number of benzene rings is 1. The number of halogens is 1. The van der Waals surface area contributed by atoms with Gasteiger partial charge in [-0.3, -0.25) is 4.79 Å². The number of hydrogen-bond acceptors (Lipinski definition) is 2. The van der Waals surface area contributed by atoms with Crippen LogP contribution in [0.2, 0.25) is 0 Å². The lowest BCUT2D eigenvalue weighted by Crippen LogP contribution is -2.20. The van der Waals surface area contributed by atoms with E-state index in [4.69, 9.17) is 0 Å². The summed E-state index contributed by atoms with van der Waals surface area (Å²) in [5, 5.41) is 6.09. The molecule has 0 aliphatic carbocycles. The highest BCUT2D eigenvalue weighted by atomic mass is 35.5. The lowest BCUT2D eigenvalue weighted by atomic mass is 10.00. The SMILES string of the molecule is CC(=O)Nc1cccc(C2=CCNCC2)c1.Cl. The van der Waals surface area contributed by atoms with Crippen molar-refractivity contribution >= 4 is 29.6 Å². The van der Waals surface area contributed by atoms with Gasteiger partial charge in [0, 0.05) is 19.2 Å². The zero-order chi connectivity index (χ0) is 11.4. The summed E-state index contributed by atoms with van der Waals surface area (Å²) in [6.45, 7) is 3.48. The number of rotatable bonds is 2. The van der Waals surface area contributed by atoms with Crippen LogP contribution in [0.1, 0.15) is 18.9 Å². The van der Waals surface area contributed by atoms with E-state index >= 15 is 0 Å². The van der Waals surface area contributed by atoms with Gasteiger partial charge in [-0.25, -0.2) is 0 Å². The molecule has 0 atom stereocenters. The van der Waals surface area contributed by atoms with Crippen LogP contribution in [0.4, 0.5) is 5.69 Å². The van der Waals surface area contributed by atoms with E-state index in [1.807, 2.05) is 18.2 Å². The highest BCUT2D eigenvalue weighted by Crippen LogP contribution is 2.22. The number of carbonyl (C=O) groups is 1. The van der Waals surface area contributed by atoms with Crippen molar-refractivity contribution in [1.29, 1.82) is 0 Å². The summed E-state index contributed by atoms with van der Waals surface area (Å²) in [6, 6.07) is 8.00.